The molecule has 2 N–H and O–H groups in total. The Labute approximate surface area is 97.2 Å². The minimum Gasteiger partial charge on any atom is -0.356 e. The molecular formula is C12H22N2O2. The summed E-state index contributed by atoms with van der Waals surface area (Å²) < 4.78 is 0. The van der Waals surface area contributed by atoms with Gasteiger partial charge in [0.25, 0.3) is 0 Å². The number of unbranched alkanes of at least 4 members (excludes halogenated alkanes) is 1. The highest BCUT2D eigenvalue weighted by Crippen LogP contribution is 2.09. The maximum Gasteiger partial charge on any atom is 0.225 e. The van der Waals surface area contributed by atoms with Crippen molar-refractivity contribution in [3.63, 3.8) is 0 Å². The molecule has 0 bridgehead atoms. The number of rotatable bonds is 6. The summed E-state index contributed by atoms with van der Waals surface area (Å²) in [7, 11) is 0. The van der Waals surface area contributed by atoms with Crippen molar-refractivity contribution in [3.8, 4) is 0 Å². The van der Waals surface area contributed by atoms with Gasteiger partial charge in [0.1, 0.15) is 0 Å². The maximum absolute atomic E-state index is 11.6. The van der Waals surface area contributed by atoms with Crippen LogP contribution in [0.4, 0.5) is 0 Å². The molecule has 1 fully saturated rings. The highest BCUT2D eigenvalue weighted by Gasteiger charge is 2.27. The Balaban J connectivity index is 2.04. The van der Waals surface area contributed by atoms with Crippen molar-refractivity contribution in [1.82, 2.24) is 10.6 Å². The van der Waals surface area contributed by atoms with E-state index in [0.29, 0.717) is 13.0 Å². The first-order valence-corrected chi connectivity index (χ1v) is 6.14. The van der Waals surface area contributed by atoms with Crippen molar-refractivity contribution in [2.45, 2.75) is 39.5 Å². The van der Waals surface area contributed by atoms with Gasteiger partial charge >= 0.3 is 0 Å². The largest absolute Gasteiger partial charge is 0.356 e. The first-order valence-electron chi connectivity index (χ1n) is 6.14. The molecule has 1 aliphatic heterocycles. The molecule has 1 unspecified atom stereocenters. The molecule has 2 amide bonds. The summed E-state index contributed by atoms with van der Waals surface area (Å²) in [5.74, 6) is 0.577. The van der Waals surface area contributed by atoms with E-state index in [1.165, 1.54) is 6.42 Å². The first kappa shape index (κ1) is 13.0. The molecule has 1 saturated heterocycles. The number of carbonyl (C=O) groups excluding carboxylic acids is 2. The zero-order valence-electron chi connectivity index (χ0n) is 10.2. The van der Waals surface area contributed by atoms with Crippen LogP contribution in [0, 0.1) is 11.8 Å². The van der Waals surface area contributed by atoms with Gasteiger partial charge in [-0.05, 0) is 12.3 Å². The Kier molecular flexibility index (Phi) is 5.29. The predicted octanol–water partition coefficient (Wildman–Crippen LogP) is 1.06. The fourth-order valence-electron chi connectivity index (χ4n) is 1.82. The molecule has 0 spiro atoms. The van der Waals surface area contributed by atoms with Gasteiger partial charge in [-0.1, -0.05) is 26.7 Å². The van der Waals surface area contributed by atoms with Crippen LogP contribution in [0.3, 0.4) is 0 Å². The van der Waals surface area contributed by atoms with E-state index in [1.54, 1.807) is 0 Å². The predicted molar refractivity (Wildman–Crippen MR) is 62.8 cm³/mol. The Hall–Kier alpha value is -1.06. The van der Waals surface area contributed by atoms with Crippen LogP contribution in [0.5, 0.6) is 0 Å². The van der Waals surface area contributed by atoms with Crippen molar-refractivity contribution in [2.75, 3.05) is 13.1 Å². The van der Waals surface area contributed by atoms with Gasteiger partial charge in [0.2, 0.25) is 11.8 Å². The van der Waals surface area contributed by atoms with E-state index in [2.05, 4.69) is 24.5 Å². The van der Waals surface area contributed by atoms with Gasteiger partial charge in [0.05, 0.1) is 5.92 Å². The Morgan fingerprint density at radius 2 is 2.25 bits per heavy atom. The molecule has 0 aliphatic carbocycles. The third kappa shape index (κ3) is 4.64. The van der Waals surface area contributed by atoms with Gasteiger partial charge in [0.15, 0.2) is 0 Å². The lowest BCUT2D eigenvalue weighted by molar-refractivity contribution is -0.126. The third-order valence-electron chi connectivity index (χ3n) is 2.86. The molecule has 0 saturated carbocycles. The number of carbonyl (C=O) groups is 2. The molecule has 92 valence electrons. The normalized spacial score (nSPS) is 19.9. The van der Waals surface area contributed by atoms with Crippen LogP contribution >= 0.6 is 0 Å². The van der Waals surface area contributed by atoms with Gasteiger partial charge in [-0.3, -0.25) is 9.59 Å². The number of hydrogen-bond acceptors (Lipinski definition) is 2. The minimum atomic E-state index is -0.155. The van der Waals surface area contributed by atoms with Crippen molar-refractivity contribution in [3.05, 3.63) is 0 Å². The van der Waals surface area contributed by atoms with Crippen molar-refractivity contribution < 1.29 is 9.59 Å². The summed E-state index contributed by atoms with van der Waals surface area (Å²) in [4.78, 5) is 22.5. The quantitative estimate of drug-likeness (QED) is 0.665. The molecule has 0 aromatic rings. The fourth-order valence-corrected chi connectivity index (χ4v) is 1.82. The van der Waals surface area contributed by atoms with Crippen molar-refractivity contribution in [2.24, 2.45) is 11.8 Å². The molecular weight excluding hydrogens is 204 g/mol. The number of hydrogen-bond donors (Lipinski definition) is 2. The summed E-state index contributed by atoms with van der Waals surface area (Å²) in [5, 5.41) is 5.55. The van der Waals surface area contributed by atoms with Crippen LogP contribution in [0.2, 0.25) is 0 Å². The van der Waals surface area contributed by atoms with Crippen LogP contribution in [0.25, 0.3) is 0 Å². The second-order valence-corrected chi connectivity index (χ2v) is 4.89. The second-order valence-electron chi connectivity index (χ2n) is 4.89. The third-order valence-corrected chi connectivity index (χ3v) is 2.86. The Morgan fingerprint density at radius 1 is 1.50 bits per heavy atom. The summed E-state index contributed by atoms with van der Waals surface area (Å²) in [5.41, 5.74) is 0. The molecule has 0 radical (unpaired) electrons. The lowest BCUT2D eigenvalue weighted by atomic mass is 10.1. The molecule has 0 aromatic carbocycles. The average Bonchev–Trinajstić information content (AvgIpc) is 2.63. The van der Waals surface area contributed by atoms with Gasteiger partial charge in [-0.2, -0.15) is 0 Å². The average molecular weight is 226 g/mol. The highest BCUT2D eigenvalue weighted by molar-refractivity contribution is 5.89. The van der Waals surface area contributed by atoms with Crippen LogP contribution in [0.1, 0.15) is 39.5 Å². The van der Waals surface area contributed by atoms with E-state index in [1.807, 2.05) is 0 Å². The number of nitrogens with one attached hydrogen (secondary N) is 2. The van der Waals surface area contributed by atoms with Crippen molar-refractivity contribution in [1.29, 1.82) is 0 Å². The van der Waals surface area contributed by atoms with E-state index in [0.717, 1.165) is 25.3 Å². The van der Waals surface area contributed by atoms with Crippen LogP contribution in [-0.4, -0.2) is 24.9 Å². The molecule has 1 atom stereocenters. The van der Waals surface area contributed by atoms with Crippen LogP contribution in [-0.2, 0) is 9.59 Å². The fraction of sp³-hybridized carbons (Fsp3) is 0.833. The van der Waals surface area contributed by atoms with E-state index in [9.17, 15) is 9.59 Å². The highest BCUT2D eigenvalue weighted by atomic mass is 16.2. The van der Waals surface area contributed by atoms with Crippen molar-refractivity contribution >= 4 is 11.8 Å². The lowest BCUT2D eigenvalue weighted by Gasteiger charge is -2.09. The van der Waals surface area contributed by atoms with Gasteiger partial charge in [0, 0.05) is 19.5 Å². The smallest absolute Gasteiger partial charge is 0.225 e. The van der Waals surface area contributed by atoms with Gasteiger partial charge in [-0.25, -0.2) is 0 Å². The van der Waals surface area contributed by atoms with Crippen LogP contribution in [0.15, 0.2) is 0 Å². The molecule has 1 aliphatic rings. The molecule has 0 aromatic heterocycles. The van der Waals surface area contributed by atoms with E-state index >= 15 is 0 Å². The second kappa shape index (κ2) is 6.51. The molecule has 1 rings (SSSR count). The summed E-state index contributed by atoms with van der Waals surface area (Å²) in [6.45, 7) is 5.63. The standard InChI is InChI=1S/C12H22N2O2/c1-9(2)5-3-4-6-13-12(16)10-7-11(15)14-8-10/h9-10H,3-8H2,1-2H3,(H,13,16)(H,14,15). The summed E-state index contributed by atoms with van der Waals surface area (Å²) >= 11 is 0. The topological polar surface area (TPSA) is 58.2 Å². The number of amides is 2. The SMILES string of the molecule is CC(C)CCCCNC(=O)C1CNC(=O)C1. The Morgan fingerprint density at radius 3 is 2.81 bits per heavy atom. The summed E-state index contributed by atoms with van der Waals surface area (Å²) in [6.07, 6.45) is 3.73. The van der Waals surface area contributed by atoms with Crippen LogP contribution < -0.4 is 10.6 Å². The molecule has 1 heterocycles. The van der Waals surface area contributed by atoms with E-state index in [-0.39, 0.29) is 17.7 Å². The van der Waals surface area contributed by atoms with Gasteiger partial charge in [-0.15, -0.1) is 0 Å². The molecule has 4 heteroatoms. The monoisotopic (exact) mass is 226 g/mol. The Bertz CT molecular complexity index is 251. The zero-order chi connectivity index (χ0) is 12.0. The minimum absolute atomic E-state index is 0.0139. The van der Waals surface area contributed by atoms with Gasteiger partial charge < -0.3 is 10.6 Å². The molecule has 4 nitrogen and oxygen atoms in total. The zero-order valence-corrected chi connectivity index (χ0v) is 10.2. The molecule has 16 heavy (non-hydrogen) atoms. The van der Waals surface area contributed by atoms with E-state index < -0.39 is 0 Å². The maximum atomic E-state index is 11.6. The summed E-state index contributed by atoms with van der Waals surface area (Å²) in [6, 6.07) is 0. The lowest BCUT2D eigenvalue weighted by Crippen LogP contribution is -2.32. The van der Waals surface area contributed by atoms with E-state index in [4.69, 9.17) is 0 Å². The first-order chi connectivity index (χ1) is 7.59.